The van der Waals surface area contributed by atoms with E-state index in [2.05, 4.69) is 13.8 Å². The second-order valence-electron chi connectivity index (χ2n) is 4.38. The van der Waals surface area contributed by atoms with Gasteiger partial charge in [0.1, 0.15) is 12.6 Å². The summed E-state index contributed by atoms with van der Waals surface area (Å²) in [5.74, 6) is -1.59. The van der Waals surface area contributed by atoms with Crippen LogP contribution in [0.15, 0.2) is 24.3 Å². The first-order valence-corrected chi connectivity index (χ1v) is 5.42. The van der Waals surface area contributed by atoms with Gasteiger partial charge in [0.2, 0.25) is 0 Å². The van der Waals surface area contributed by atoms with E-state index in [9.17, 15) is 9.18 Å². The van der Waals surface area contributed by atoms with E-state index in [0.717, 1.165) is 12.0 Å². The third-order valence-corrected chi connectivity index (χ3v) is 2.48. The predicted octanol–water partition coefficient (Wildman–Crippen LogP) is 3.02. The summed E-state index contributed by atoms with van der Waals surface area (Å²) in [6.07, 6.45) is 0.952. The van der Waals surface area contributed by atoms with Crippen molar-refractivity contribution in [3.05, 3.63) is 35.4 Å². The number of hydrogen-bond donors (Lipinski definition) is 1. The Labute approximate surface area is 95.1 Å². The molecule has 0 fully saturated rings. The Kier molecular flexibility index (Phi) is 4.47. The molecule has 1 atom stereocenters. The Bertz CT molecular complexity index is 343. The maximum absolute atomic E-state index is 12.5. The molecule has 1 aromatic rings. The summed E-state index contributed by atoms with van der Waals surface area (Å²) in [5.41, 5.74) is 1.68. The number of carboxylic acids is 1. The minimum atomic E-state index is -1.11. The van der Waals surface area contributed by atoms with Crippen molar-refractivity contribution in [1.29, 1.82) is 0 Å². The van der Waals surface area contributed by atoms with Gasteiger partial charge in [-0.25, -0.2) is 4.39 Å². The van der Waals surface area contributed by atoms with Crippen LogP contribution < -0.4 is 0 Å². The van der Waals surface area contributed by atoms with Crippen molar-refractivity contribution in [2.24, 2.45) is 5.92 Å². The maximum Gasteiger partial charge on any atom is 0.313 e. The van der Waals surface area contributed by atoms with Crippen molar-refractivity contribution in [1.82, 2.24) is 0 Å². The highest BCUT2D eigenvalue weighted by molar-refractivity contribution is 5.76. The molecule has 16 heavy (non-hydrogen) atoms. The molecular formula is C13H17FO2. The molecule has 2 nitrogen and oxygen atoms in total. The van der Waals surface area contributed by atoms with Crippen LogP contribution in [-0.4, -0.2) is 17.8 Å². The Morgan fingerprint density at radius 3 is 2.25 bits per heavy atom. The molecule has 0 unspecified atom stereocenters. The van der Waals surface area contributed by atoms with Gasteiger partial charge in [0.05, 0.1) is 0 Å². The molecule has 88 valence electrons. The average molecular weight is 224 g/mol. The fraction of sp³-hybridized carbons (Fsp3) is 0.462. The van der Waals surface area contributed by atoms with Crippen LogP contribution in [0.4, 0.5) is 4.39 Å². The molecule has 0 aliphatic heterocycles. The van der Waals surface area contributed by atoms with Crippen LogP contribution in [-0.2, 0) is 11.2 Å². The Hall–Kier alpha value is -1.38. The summed E-state index contributed by atoms with van der Waals surface area (Å²) >= 11 is 0. The van der Waals surface area contributed by atoms with Crippen molar-refractivity contribution in [3.63, 3.8) is 0 Å². The van der Waals surface area contributed by atoms with Gasteiger partial charge in [-0.1, -0.05) is 38.1 Å². The fourth-order valence-corrected chi connectivity index (χ4v) is 1.66. The van der Waals surface area contributed by atoms with Gasteiger partial charge in [-0.2, -0.15) is 0 Å². The van der Waals surface area contributed by atoms with E-state index in [0.29, 0.717) is 11.5 Å². The van der Waals surface area contributed by atoms with E-state index < -0.39 is 18.6 Å². The van der Waals surface area contributed by atoms with Gasteiger partial charge in [-0.05, 0) is 23.5 Å². The number of alkyl halides is 1. The molecule has 0 bridgehead atoms. The van der Waals surface area contributed by atoms with Crippen molar-refractivity contribution >= 4 is 5.97 Å². The van der Waals surface area contributed by atoms with Crippen LogP contribution in [0.1, 0.15) is 30.9 Å². The molecule has 0 amide bonds. The lowest BCUT2D eigenvalue weighted by molar-refractivity contribution is -0.139. The molecule has 1 aromatic carbocycles. The van der Waals surface area contributed by atoms with Gasteiger partial charge < -0.3 is 5.11 Å². The number of aliphatic carboxylic acids is 1. The zero-order valence-corrected chi connectivity index (χ0v) is 9.61. The molecule has 0 radical (unpaired) electrons. The number of carboxylic acid groups (broad SMARTS) is 1. The van der Waals surface area contributed by atoms with E-state index in [1.807, 2.05) is 12.1 Å². The van der Waals surface area contributed by atoms with Gasteiger partial charge >= 0.3 is 5.97 Å². The van der Waals surface area contributed by atoms with Gasteiger partial charge in [0.15, 0.2) is 0 Å². The van der Waals surface area contributed by atoms with E-state index in [1.165, 1.54) is 0 Å². The summed E-state index contributed by atoms with van der Waals surface area (Å²) in [7, 11) is 0. The predicted molar refractivity (Wildman–Crippen MR) is 61.3 cm³/mol. The van der Waals surface area contributed by atoms with Crippen molar-refractivity contribution in [2.75, 3.05) is 6.67 Å². The molecular weight excluding hydrogens is 207 g/mol. The largest absolute Gasteiger partial charge is 0.481 e. The smallest absolute Gasteiger partial charge is 0.313 e. The number of carbonyl (C=O) groups is 1. The highest BCUT2D eigenvalue weighted by Gasteiger charge is 2.19. The lowest BCUT2D eigenvalue weighted by Gasteiger charge is -2.10. The second-order valence-corrected chi connectivity index (χ2v) is 4.38. The lowest BCUT2D eigenvalue weighted by Crippen LogP contribution is -2.13. The Morgan fingerprint density at radius 2 is 1.88 bits per heavy atom. The highest BCUT2D eigenvalue weighted by Crippen LogP contribution is 2.18. The second kappa shape index (κ2) is 5.64. The number of hydrogen-bond acceptors (Lipinski definition) is 1. The zero-order valence-electron chi connectivity index (χ0n) is 9.61. The van der Waals surface area contributed by atoms with Crippen molar-refractivity contribution < 1.29 is 14.3 Å². The van der Waals surface area contributed by atoms with Crippen molar-refractivity contribution in [3.8, 4) is 0 Å². The van der Waals surface area contributed by atoms with Gasteiger partial charge in [-0.15, -0.1) is 0 Å². The minimum Gasteiger partial charge on any atom is -0.481 e. The molecule has 0 saturated carbocycles. The van der Waals surface area contributed by atoms with Gasteiger partial charge in [-0.3, -0.25) is 4.79 Å². The summed E-state index contributed by atoms with van der Waals surface area (Å²) in [4.78, 5) is 10.8. The molecule has 0 spiro atoms. The number of halogens is 1. The van der Waals surface area contributed by atoms with Crippen LogP contribution in [0.2, 0.25) is 0 Å². The van der Waals surface area contributed by atoms with Crippen LogP contribution in [0.5, 0.6) is 0 Å². The molecule has 3 heteroatoms. The van der Waals surface area contributed by atoms with Gasteiger partial charge in [0.25, 0.3) is 0 Å². The summed E-state index contributed by atoms with van der Waals surface area (Å²) in [5, 5.41) is 8.80. The Morgan fingerprint density at radius 1 is 1.31 bits per heavy atom. The van der Waals surface area contributed by atoms with Crippen LogP contribution in [0.25, 0.3) is 0 Å². The lowest BCUT2D eigenvalue weighted by atomic mass is 9.96. The number of rotatable bonds is 5. The maximum atomic E-state index is 12.5. The van der Waals surface area contributed by atoms with Crippen LogP contribution >= 0.6 is 0 Å². The summed E-state index contributed by atoms with van der Waals surface area (Å²) in [6, 6.07) is 7.16. The standard InChI is InChI=1S/C13H17FO2/c1-9(2)7-10-3-5-11(6-4-10)12(8-14)13(15)16/h3-6,9,12H,7-8H2,1-2H3,(H,15,16)/t12-/m0/s1. The van der Waals surface area contributed by atoms with E-state index in [-0.39, 0.29) is 0 Å². The first-order chi connectivity index (χ1) is 7.54. The topological polar surface area (TPSA) is 37.3 Å². The minimum absolute atomic E-state index is 0.530. The molecule has 1 N–H and O–H groups in total. The van der Waals surface area contributed by atoms with E-state index >= 15 is 0 Å². The SMILES string of the molecule is CC(C)Cc1ccc([C@H](CF)C(=O)O)cc1. The first-order valence-electron chi connectivity index (χ1n) is 5.42. The Balaban J connectivity index is 2.81. The van der Waals surface area contributed by atoms with Crippen LogP contribution in [0.3, 0.4) is 0 Å². The monoisotopic (exact) mass is 224 g/mol. The molecule has 0 aromatic heterocycles. The summed E-state index contributed by atoms with van der Waals surface area (Å²) < 4.78 is 12.5. The third kappa shape index (κ3) is 3.33. The fourth-order valence-electron chi connectivity index (χ4n) is 1.66. The van der Waals surface area contributed by atoms with Gasteiger partial charge in [0, 0.05) is 0 Å². The molecule has 0 aliphatic carbocycles. The number of benzene rings is 1. The highest BCUT2D eigenvalue weighted by atomic mass is 19.1. The van der Waals surface area contributed by atoms with Crippen molar-refractivity contribution in [2.45, 2.75) is 26.2 Å². The van der Waals surface area contributed by atoms with E-state index in [4.69, 9.17) is 5.11 Å². The average Bonchev–Trinajstić information content (AvgIpc) is 2.20. The zero-order chi connectivity index (χ0) is 12.1. The molecule has 0 heterocycles. The van der Waals surface area contributed by atoms with Crippen LogP contribution in [0, 0.1) is 5.92 Å². The molecule has 1 rings (SSSR count). The first kappa shape index (κ1) is 12.7. The molecule has 0 saturated heterocycles. The third-order valence-electron chi connectivity index (χ3n) is 2.48. The molecule has 0 aliphatic rings. The summed E-state index contributed by atoms with van der Waals surface area (Å²) in [6.45, 7) is 3.38. The van der Waals surface area contributed by atoms with E-state index in [1.54, 1.807) is 12.1 Å². The normalized spacial score (nSPS) is 12.8. The quantitative estimate of drug-likeness (QED) is 0.834.